The first kappa shape index (κ1) is 26.7. The fourth-order valence-corrected chi connectivity index (χ4v) is 6.61. The van der Waals surface area contributed by atoms with Crippen LogP contribution in [0.15, 0.2) is 99.4 Å². The Labute approximate surface area is 243 Å². The zero-order chi connectivity index (χ0) is 28.5. The number of hydrogen-bond acceptors (Lipinski definition) is 8. The van der Waals surface area contributed by atoms with Crippen LogP contribution in [0.1, 0.15) is 31.0 Å². The summed E-state index contributed by atoms with van der Waals surface area (Å²) < 4.78 is 14.6. The van der Waals surface area contributed by atoms with Crippen molar-refractivity contribution in [1.82, 2.24) is 14.3 Å². The van der Waals surface area contributed by atoms with Gasteiger partial charge in [0.15, 0.2) is 4.80 Å². The fraction of sp³-hybridized carbons (Fsp3) is 0.161. The van der Waals surface area contributed by atoms with Gasteiger partial charge in [0, 0.05) is 11.8 Å². The Balaban J connectivity index is 1.54. The molecule has 0 N–H and O–H groups in total. The normalized spacial score (nSPS) is 15.0. The average Bonchev–Trinajstić information content (AvgIpc) is 3.73. The van der Waals surface area contributed by atoms with Crippen LogP contribution in [-0.2, 0) is 9.53 Å². The van der Waals surface area contributed by atoms with E-state index in [1.807, 2.05) is 89.1 Å². The summed E-state index contributed by atoms with van der Waals surface area (Å²) in [5, 5.41) is 6.87. The molecule has 1 atom stereocenters. The molecule has 8 nitrogen and oxygen atoms in total. The highest BCUT2D eigenvalue weighted by Gasteiger charge is 2.33. The molecule has 0 fully saturated rings. The molecule has 1 aliphatic heterocycles. The van der Waals surface area contributed by atoms with Crippen LogP contribution in [0.4, 0.5) is 0 Å². The maximum Gasteiger partial charge on any atom is 0.338 e. The molecule has 5 aromatic rings. The second kappa shape index (κ2) is 11.1. The van der Waals surface area contributed by atoms with Crippen molar-refractivity contribution in [2.75, 3.05) is 13.7 Å². The SMILES string of the molecule is CCOC(=O)C1=C(C)N=c2s/c(=C\c3cn(-c4ccccc4)nc3-c3cccs3)c(=O)n2C1c1ccc(OC)cc1. The Morgan fingerprint density at radius 1 is 1.07 bits per heavy atom. The van der Waals surface area contributed by atoms with Gasteiger partial charge in [-0.25, -0.2) is 14.5 Å². The topological polar surface area (TPSA) is 87.7 Å². The number of methoxy groups -OCH3 is 1. The first-order chi connectivity index (χ1) is 20.0. The summed E-state index contributed by atoms with van der Waals surface area (Å²) in [5.74, 6) is 0.184. The molecule has 1 unspecified atom stereocenters. The van der Waals surface area contributed by atoms with Gasteiger partial charge in [-0.15, -0.1) is 11.3 Å². The van der Waals surface area contributed by atoms with E-state index in [4.69, 9.17) is 14.6 Å². The molecule has 41 heavy (non-hydrogen) atoms. The third kappa shape index (κ3) is 4.96. The molecule has 0 spiro atoms. The van der Waals surface area contributed by atoms with Gasteiger partial charge in [-0.2, -0.15) is 5.10 Å². The molecule has 6 rings (SSSR count). The molecule has 10 heteroatoms. The third-order valence-corrected chi connectivity index (χ3v) is 8.61. The van der Waals surface area contributed by atoms with Gasteiger partial charge in [-0.3, -0.25) is 9.36 Å². The number of fused-ring (bicyclic) bond motifs is 1. The van der Waals surface area contributed by atoms with Crippen LogP contribution < -0.4 is 19.6 Å². The number of allylic oxidation sites excluding steroid dienone is 1. The number of rotatable bonds is 7. The molecule has 1 aliphatic rings. The van der Waals surface area contributed by atoms with Gasteiger partial charge in [-0.1, -0.05) is 47.7 Å². The molecule has 206 valence electrons. The van der Waals surface area contributed by atoms with E-state index >= 15 is 0 Å². The number of para-hydroxylation sites is 1. The fourth-order valence-electron chi connectivity index (χ4n) is 4.85. The van der Waals surface area contributed by atoms with Crippen LogP contribution >= 0.6 is 22.7 Å². The van der Waals surface area contributed by atoms with Gasteiger partial charge < -0.3 is 9.47 Å². The first-order valence-electron chi connectivity index (χ1n) is 13.0. The van der Waals surface area contributed by atoms with E-state index in [1.165, 1.54) is 11.3 Å². The lowest BCUT2D eigenvalue weighted by Gasteiger charge is -2.24. The van der Waals surface area contributed by atoms with Crippen molar-refractivity contribution in [3.8, 4) is 22.0 Å². The smallest absolute Gasteiger partial charge is 0.338 e. The molecular formula is C31H26N4O4S2. The van der Waals surface area contributed by atoms with Gasteiger partial charge in [0.2, 0.25) is 0 Å². The molecule has 3 aromatic heterocycles. The standard InChI is InChI=1S/C31H26N4O4S2/c1-4-39-30(37)26-19(2)32-31-35(28(26)20-12-14-23(38-3)15-13-20)29(36)25(41-31)17-21-18-34(22-9-6-5-7-10-22)33-27(21)24-11-8-16-40-24/h5-18,28H,4H2,1-3H3/b25-17-. The summed E-state index contributed by atoms with van der Waals surface area (Å²) >= 11 is 2.88. The number of hydrogen-bond donors (Lipinski definition) is 0. The molecule has 0 saturated heterocycles. The van der Waals surface area contributed by atoms with Gasteiger partial charge >= 0.3 is 5.97 Å². The zero-order valence-electron chi connectivity index (χ0n) is 22.6. The summed E-state index contributed by atoms with van der Waals surface area (Å²) in [4.78, 5) is 33.4. The molecule has 2 aromatic carbocycles. The van der Waals surface area contributed by atoms with Gasteiger partial charge in [-0.05, 0) is 61.2 Å². The first-order valence-corrected chi connectivity index (χ1v) is 14.7. The van der Waals surface area contributed by atoms with Gasteiger partial charge in [0.25, 0.3) is 5.56 Å². The quantitative estimate of drug-likeness (QED) is 0.259. The third-order valence-electron chi connectivity index (χ3n) is 6.75. The van der Waals surface area contributed by atoms with Crippen LogP contribution in [0.2, 0.25) is 0 Å². The van der Waals surface area contributed by atoms with Crippen LogP contribution in [0, 0.1) is 0 Å². The lowest BCUT2D eigenvalue weighted by molar-refractivity contribution is -0.139. The Morgan fingerprint density at radius 2 is 1.85 bits per heavy atom. The summed E-state index contributed by atoms with van der Waals surface area (Å²) in [6, 6.07) is 20.5. The second-order valence-electron chi connectivity index (χ2n) is 9.27. The van der Waals surface area contributed by atoms with E-state index in [0.717, 1.165) is 27.4 Å². The minimum Gasteiger partial charge on any atom is -0.497 e. The number of esters is 1. The Hall–Kier alpha value is -4.54. The van der Waals surface area contributed by atoms with Crippen LogP contribution in [0.3, 0.4) is 0 Å². The van der Waals surface area contributed by atoms with Crippen molar-refractivity contribution >= 4 is 34.7 Å². The number of ether oxygens (including phenoxy) is 2. The Morgan fingerprint density at radius 3 is 2.54 bits per heavy atom. The molecule has 0 saturated carbocycles. The van der Waals surface area contributed by atoms with E-state index in [2.05, 4.69) is 4.99 Å². The van der Waals surface area contributed by atoms with Gasteiger partial charge in [0.1, 0.15) is 11.4 Å². The predicted octanol–water partition coefficient (Wildman–Crippen LogP) is 4.72. The van der Waals surface area contributed by atoms with Crippen molar-refractivity contribution in [3.63, 3.8) is 0 Å². The summed E-state index contributed by atoms with van der Waals surface area (Å²) in [6.45, 7) is 3.75. The largest absolute Gasteiger partial charge is 0.497 e. The summed E-state index contributed by atoms with van der Waals surface area (Å²) in [5.41, 5.74) is 3.88. The molecule has 0 aliphatic carbocycles. The Kier molecular flexibility index (Phi) is 7.25. The van der Waals surface area contributed by atoms with Crippen molar-refractivity contribution in [2.24, 2.45) is 4.99 Å². The van der Waals surface area contributed by atoms with E-state index in [0.29, 0.717) is 26.4 Å². The number of benzene rings is 2. The van der Waals surface area contributed by atoms with Crippen LogP contribution in [0.5, 0.6) is 5.75 Å². The minimum absolute atomic E-state index is 0.215. The van der Waals surface area contributed by atoms with Crippen molar-refractivity contribution in [2.45, 2.75) is 19.9 Å². The number of aromatic nitrogens is 3. The van der Waals surface area contributed by atoms with Crippen molar-refractivity contribution in [3.05, 3.63) is 120 Å². The molecule has 4 heterocycles. The van der Waals surface area contributed by atoms with Crippen molar-refractivity contribution < 1.29 is 14.3 Å². The zero-order valence-corrected chi connectivity index (χ0v) is 24.2. The average molecular weight is 583 g/mol. The summed E-state index contributed by atoms with van der Waals surface area (Å²) in [7, 11) is 1.59. The predicted molar refractivity (Wildman–Crippen MR) is 160 cm³/mol. The van der Waals surface area contributed by atoms with Crippen molar-refractivity contribution in [1.29, 1.82) is 0 Å². The Bertz CT molecular complexity index is 1930. The molecule has 0 bridgehead atoms. The molecule has 0 amide bonds. The monoisotopic (exact) mass is 582 g/mol. The summed E-state index contributed by atoms with van der Waals surface area (Å²) in [6.07, 6.45) is 3.79. The van der Waals surface area contributed by atoms with E-state index in [1.54, 1.807) is 36.9 Å². The minimum atomic E-state index is -0.692. The van der Waals surface area contributed by atoms with E-state index in [-0.39, 0.29) is 12.2 Å². The lowest BCUT2D eigenvalue weighted by atomic mass is 9.96. The highest BCUT2D eigenvalue weighted by atomic mass is 32.1. The molecular weight excluding hydrogens is 556 g/mol. The highest BCUT2D eigenvalue weighted by molar-refractivity contribution is 7.13. The second-order valence-corrected chi connectivity index (χ2v) is 11.2. The number of thiazole rings is 1. The maximum atomic E-state index is 14.1. The number of carbonyl (C=O) groups excluding carboxylic acids is 1. The molecule has 0 radical (unpaired) electrons. The van der Waals surface area contributed by atoms with E-state index < -0.39 is 12.0 Å². The van der Waals surface area contributed by atoms with Crippen LogP contribution in [0.25, 0.3) is 22.3 Å². The van der Waals surface area contributed by atoms with Gasteiger partial charge in [0.05, 0.1) is 46.1 Å². The lowest BCUT2D eigenvalue weighted by Crippen LogP contribution is -2.39. The van der Waals surface area contributed by atoms with E-state index in [9.17, 15) is 9.59 Å². The number of thiophene rings is 1. The number of carbonyl (C=O) groups is 1. The van der Waals surface area contributed by atoms with Crippen LogP contribution in [-0.4, -0.2) is 34.0 Å². The number of nitrogens with zero attached hydrogens (tertiary/aromatic N) is 4. The highest BCUT2D eigenvalue weighted by Crippen LogP contribution is 2.32. The maximum absolute atomic E-state index is 14.1.